The third-order valence-electron chi connectivity index (χ3n) is 4.36. The largest absolute Gasteiger partial charge is 0.478 e. The number of allylic oxidation sites excluding steroid dienone is 1. The summed E-state index contributed by atoms with van der Waals surface area (Å²) in [7, 11) is 0. The smallest absolute Gasteiger partial charge is 0.337 e. The number of hydrogen-bond acceptors (Lipinski definition) is 3. The second kappa shape index (κ2) is 6.32. The van der Waals surface area contributed by atoms with Gasteiger partial charge in [0.05, 0.1) is 10.6 Å². The molecule has 2 aromatic carbocycles. The number of carboxylic acids is 1. The lowest BCUT2D eigenvalue weighted by molar-refractivity contribution is 0.0697. The molecule has 0 radical (unpaired) electrons. The van der Waals surface area contributed by atoms with Crippen LogP contribution in [0.1, 0.15) is 32.0 Å². The summed E-state index contributed by atoms with van der Waals surface area (Å²) in [5, 5.41) is 9.36. The molecular formula is C21H13ClO4. The van der Waals surface area contributed by atoms with Crippen LogP contribution in [0.4, 0.5) is 0 Å². The zero-order valence-electron chi connectivity index (χ0n) is 13.5. The molecule has 0 aliphatic heterocycles. The average molecular weight is 365 g/mol. The molecule has 0 fully saturated rings. The Morgan fingerprint density at radius 2 is 1.92 bits per heavy atom. The molecule has 0 atom stereocenters. The number of furan rings is 1. The molecule has 0 amide bonds. The van der Waals surface area contributed by atoms with Gasteiger partial charge in [-0.1, -0.05) is 35.9 Å². The highest BCUT2D eigenvalue weighted by Crippen LogP contribution is 2.30. The maximum atomic E-state index is 12.4. The number of hydrogen-bond donors (Lipinski definition) is 1. The lowest BCUT2D eigenvalue weighted by Gasteiger charge is -2.02. The Balaban J connectivity index is 1.65. The zero-order valence-corrected chi connectivity index (χ0v) is 14.3. The van der Waals surface area contributed by atoms with Gasteiger partial charge >= 0.3 is 5.97 Å². The summed E-state index contributed by atoms with van der Waals surface area (Å²) in [6.45, 7) is 0. The molecule has 0 spiro atoms. The molecule has 0 bridgehead atoms. The number of carbonyl (C=O) groups excluding carboxylic acids is 1. The van der Waals surface area contributed by atoms with Crippen molar-refractivity contribution in [1.82, 2.24) is 0 Å². The van der Waals surface area contributed by atoms with Gasteiger partial charge in [-0.3, -0.25) is 4.79 Å². The van der Waals surface area contributed by atoms with Crippen molar-refractivity contribution in [2.24, 2.45) is 0 Å². The van der Waals surface area contributed by atoms with E-state index in [2.05, 4.69) is 0 Å². The van der Waals surface area contributed by atoms with Crippen molar-refractivity contribution < 1.29 is 19.1 Å². The predicted molar refractivity (Wildman–Crippen MR) is 98.6 cm³/mol. The fourth-order valence-electron chi connectivity index (χ4n) is 3.07. The second-order valence-electron chi connectivity index (χ2n) is 6.03. The Morgan fingerprint density at radius 3 is 2.69 bits per heavy atom. The van der Waals surface area contributed by atoms with E-state index in [0.717, 1.165) is 11.1 Å². The van der Waals surface area contributed by atoms with Gasteiger partial charge in [0.15, 0.2) is 5.78 Å². The standard InChI is InChI=1S/C21H13ClO4/c22-18-7-5-13(11-17(18)21(24)25)19-8-6-15(26-19)10-14-9-12-3-1-2-4-16(12)20(14)23/h1-8,10-11H,9H2,(H,24,25)/b14-10+. The minimum absolute atomic E-state index is 0.0122. The normalized spacial score (nSPS) is 14.7. The van der Waals surface area contributed by atoms with Gasteiger partial charge in [0.25, 0.3) is 0 Å². The molecular weight excluding hydrogens is 352 g/mol. The molecule has 1 aliphatic rings. The first-order chi connectivity index (χ1) is 12.5. The van der Waals surface area contributed by atoms with Crippen molar-refractivity contribution in [2.75, 3.05) is 0 Å². The van der Waals surface area contributed by atoms with E-state index in [1.807, 2.05) is 24.3 Å². The number of fused-ring (bicyclic) bond motifs is 1. The van der Waals surface area contributed by atoms with Crippen LogP contribution in [0, 0.1) is 0 Å². The first-order valence-electron chi connectivity index (χ1n) is 7.99. The molecule has 5 heteroatoms. The predicted octanol–water partition coefficient (Wildman–Crippen LogP) is 5.12. The van der Waals surface area contributed by atoms with Gasteiger partial charge in [-0.2, -0.15) is 0 Å². The third kappa shape index (κ3) is 2.85. The molecule has 3 aromatic rings. The molecule has 4 nitrogen and oxygen atoms in total. The van der Waals surface area contributed by atoms with Crippen LogP contribution in [-0.4, -0.2) is 16.9 Å². The maximum Gasteiger partial charge on any atom is 0.337 e. The van der Waals surface area contributed by atoms with Crippen molar-refractivity contribution in [1.29, 1.82) is 0 Å². The molecule has 0 unspecified atom stereocenters. The highest BCUT2D eigenvalue weighted by atomic mass is 35.5. The molecule has 1 aromatic heterocycles. The molecule has 1 aliphatic carbocycles. The fraction of sp³-hybridized carbons (Fsp3) is 0.0476. The van der Waals surface area contributed by atoms with Crippen molar-refractivity contribution in [3.8, 4) is 11.3 Å². The number of carbonyl (C=O) groups is 2. The van der Waals surface area contributed by atoms with Crippen LogP contribution in [0.2, 0.25) is 5.02 Å². The van der Waals surface area contributed by atoms with Crippen LogP contribution >= 0.6 is 11.6 Å². The Hall–Kier alpha value is -3.11. The first kappa shape index (κ1) is 16.4. The monoisotopic (exact) mass is 364 g/mol. The van der Waals surface area contributed by atoms with E-state index in [9.17, 15) is 14.7 Å². The van der Waals surface area contributed by atoms with Gasteiger partial charge in [0.1, 0.15) is 11.5 Å². The SMILES string of the molecule is O=C(O)c1cc(-c2ccc(/C=C3\Cc4ccccc4C3=O)o2)ccc1Cl. The summed E-state index contributed by atoms with van der Waals surface area (Å²) >= 11 is 5.90. The molecule has 0 saturated heterocycles. The van der Waals surface area contributed by atoms with Crippen molar-refractivity contribution in [3.63, 3.8) is 0 Å². The number of rotatable bonds is 3. The van der Waals surface area contributed by atoms with E-state index < -0.39 is 5.97 Å². The average Bonchev–Trinajstić information content (AvgIpc) is 3.21. The number of ketones is 1. The van der Waals surface area contributed by atoms with Crippen LogP contribution in [0.5, 0.6) is 0 Å². The summed E-state index contributed by atoms with van der Waals surface area (Å²) in [5.74, 6) is -0.0276. The van der Waals surface area contributed by atoms with E-state index in [1.165, 1.54) is 12.1 Å². The minimum atomic E-state index is -1.10. The Bertz CT molecular complexity index is 1080. The lowest BCUT2D eigenvalue weighted by atomic mass is 10.1. The van der Waals surface area contributed by atoms with Crippen LogP contribution in [0.3, 0.4) is 0 Å². The van der Waals surface area contributed by atoms with Gasteiger partial charge in [0.2, 0.25) is 0 Å². The van der Waals surface area contributed by atoms with Gasteiger partial charge in [0, 0.05) is 23.1 Å². The zero-order chi connectivity index (χ0) is 18.3. The highest BCUT2D eigenvalue weighted by molar-refractivity contribution is 6.33. The first-order valence-corrected chi connectivity index (χ1v) is 8.37. The molecule has 4 rings (SSSR count). The topological polar surface area (TPSA) is 67.5 Å². The lowest BCUT2D eigenvalue weighted by Crippen LogP contribution is -1.97. The Kier molecular flexibility index (Phi) is 3.98. The molecule has 128 valence electrons. The van der Waals surface area contributed by atoms with Gasteiger partial charge in [-0.05, 0) is 42.0 Å². The number of aromatic carboxylic acids is 1. The van der Waals surface area contributed by atoms with Gasteiger partial charge in [-0.25, -0.2) is 4.79 Å². The second-order valence-corrected chi connectivity index (χ2v) is 6.44. The number of carboxylic acid groups (broad SMARTS) is 1. The van der Waals surface area contributed by atoms with E-state index >= 15 is 0 Å². The van der Waals surface area contributed by atoms with Crippen molar-refractivity contribution in [3.05, 3.63) is 87.6 Å². The quantitative estimate of drug-likeness (QED) is 0.655. The fourth-order valence-corrected chi connectivity index (χ4v) is 3.27. The summed E-state index contributed by atoms with van der Waals surface area (Å²) in [4.78, 5) is 23.7. The van der Waals surface area contributed by atoms with Gasteiger partial charge < -0.3 is 9.52 Å². The number of Topliss-reactive ketones (excluding diaryl/α,β-unsaturated/α-hetero) is 1. The summed E-state index contributed by atoms with van der Waals surface area (Å²) in [6.07, 6.45) is 2.31. The molecule has 1 heterocycles. The van der Waals surface area contributed by atoms with Crippen LogP contribution in [0.15, 0.2) is 64.6 Å². The van der Waals surface area contributed by atoms with Crippen molar-refractivity contribution in [2.45, 2.75) is 6.42 Å². The Morgan fingerprint density at radius 1 is 1.12 bits per heavy atom. The van der Waals surface area contributed by atoms with E-state index in [-0.39, 0.29) is 16.4 Å². The molecule has 1 N–H and O–H groups in total. The van der Waals surface area contributed by atoms with Crippen LogP contribution in [0.25, 0.3) is 17.4 Å². The van der Waals surface area contributed by atoms with Gasteiger partial charge in [-0.15, -0.1) is 0 Å². The number of benzene rings is 2. The number of halogens is 1. The van der Waals surface area contributed by atoms with Crippen molar-refractivity contribution >= 4 is 29.4 Å². The maximum absolute atomic E-state index is 12.4. The summed E-state index contributed by atoms with van der Waals surface area (Å²) < 4.78 is 5.79. The summed E-state index contributed by atoms with van der Waals surface area (Å²) in [6, 6.07) is 15.7. The molecule has 0 saturated carbocycles. The van der Waals surface area contributed by atoms with Crippen LogP contribution < -0.4 is 0 Å². The minimum Gasteiger partial charge on any atom is -0.478 e. The Labute approximate surface area is 154 Å². The van der Waals surface area contributed by atoms with Crippen LogP contribution in [-0.2, 0) is 6.42 Å². The van der Waals surface area contributed by atoms with E-state index in [4.69, 9.17) is 16.0 Å². The third-order valence-corrected chi connectivity index (χ3v) is 4.69. The molecule has 26 heavy (non-hydrogen) atoms. The van der Waals surface area contributed by atoms with E-state index in [1.54, 1.807) is 24.3 Å². The summed E-state index contributed by atoms with van der Waals surface area (Å²) in [5.41, 5.74) is 3.04. The van der Waals surface area contributed by atoms with E-state index in [0.29, 0.717) is 29.1 Å². The highest BCUT2D eigenvalue weighted by Gasteiger charge is 2.24.